The minimum Gasteiger partial charge on any atom is -0.480 e. The second-order valence-electron chi connectivity index (χ2n) is 9.09. The highest BCUT2D eigenvalue weighted by molar-refractivity contribution is 6.04. The summed E-state index contributed by atoms with van der Waals surface area (Å²) in [6.45, 7) is 10.4. The van der Waals surface area contributed by atoms with Gasteiger partial charge in [0.05, 0.1) is 19.6 Å². The van der Waals surface area contributed by atoms with Crippen molar-refractivity contribution in [2.24, 2.45) is 0 Å². The number of carboxylic acid groups (broad SMARTS) is 1. The first-order chi connectivity index (χ1) is 16.2. The van der Waals surface area contributed by atoms with Gasteiger partial charge in [-0.15, -0.1) is 0 Å². The van der Waals surface area contributed by atoms with E-state index >= 15 is 0 Å². The van der Waals surface area contributed by atoms with Gasteiger partial charge in [-0.05, 0) is 13.5 Å². The van der Waals surface area contributed by atoms with Crippen LogP contribution in [0.5, 0.6) is 0 Å². The maximum atomic E-state index is 12.5. The first kappa shape index (κ1) is 28.0. The zero-order valence-electron chi connectivity index (χ0n) is 20.5. The summed E-state index contributed by atoms with van der Waals surface area (Å²) in [7, 11) is 0. The molecule has 2 heterocycles. The average molecular weight is 482 g/mol. The van der Waals surface area contributed by atoms with Gasteiger partial charge in [0.25, 0.3) is 0 Å². The molecule has 0 saturated carbocycles. The number of carbonyl (C=O) groups excluding carboxylic acids is 4. The molecule has 0 aliphatic carbocycles. The summed E-state index contributed by atoms with van der Waals surface area (Å²) in [6.07, 6.45) is 0.532. The van der Waals surface area contributed by atoms with E-state index in [1.165, 1.54) is 0 Å². The van der Waals surface area contributed by atoms with Gasteiger partial charge in [-0.25, -0.2) is 0 Å². The van der Waals surface area contributed by atoms with Crippen molar-refractivity contribution < 1.29 is 29.1 Å². The minimum absolute atomic E-state index is 0.0417. The van der Waals surface area contributed by atoms with Crippen LogP contribution in [-0.2, 0) is 24.0 Å². The summed E-state index contributed by atoms with van der Waals surface area (Å²) < 4.78 is 0. The Balaban J connectivity index is 2.01. The number of nitrogens with zero attached hydrogens (tertiary/aromatic N) is 5. The number of imide groups is 1. The van der Waals surface area contributed by atoms with Crippen molar-refractivity contribution in [1.82, 2.24) is 24.5 Å². The molecule has 2 amide bonds. The van der Waals surface area contributed by atoms with Crippen LogP contribution in [0.3, 0.4) is 0 Å². The second kappa shape index (κ2) is 14.2. The topological polar surface area (TPSA) is 122 Å². The summed E-state index contributed by atoms with van der Waals surface area (Å²) in [5, 5.41) is 9.30. The van der Waals surface area contributed by atoms with Crippen LogP contribution in [0.2, 0.25) is 0 Å². The summed E-state index contributed by atoms with van der Waals surface area (Å²) in [5.74, 6) is -1.53. The van der Waals surface area contributed by atoms with Gasteiger partial charge in [0.2, 0.25) is 11.8 Å². The Bertz CT molecular complexity index is 697. The molecule has 0 bridgehead atoms. The molecular weight excluding hydrogens is 442 g/mol. The fraction of sp³-hybridized carbons (Fsp3) is 0.783. The number of likely N-dealkylation sites (tertiary alicyclic amines) is 1. The van der Waals surface area contributed by atoms with E-state index in [-0.39, 0.29) is 55.7 Å². The Morgan fingerprint density at radius 2 is 1.21 bits per heavy atom. The lowest BCUT2D eigenvalue weighted by Crippen LogP contribution is -2.48. The second-order valence-corrected chi connectivity index (χ2v) is 9.09. The van der Waals surface area contributed by atoms with Gasteiger partial charge in [0, 0.05) is 78.2 Å². The number of hydrogen-bond acceptors (Lipinski definition) is 9. The van der Waals surface area contributed by atoms with Crippen molar-refractivity contribution in [2.75, 3.05) is 85.1 Å². The van der Waals surface area contributed by atoms with Crippen LogP contribution < -0.4 is 0 Å². The lowest BCUT2D eigenvalue weighted by atomic mass is 10.2. The summed E-state index contributed by atoms with van der Waals surface area (Å²) in [6, 6.07) is 0. The maximum Gasteiger partial charge on any atom is 0.317 e. The SMILES string of the molecule is CCN1CCN(CC(C)=O)CCN(CCC(=O)CN2C(=O)CCC2=O)CCN(CC(=O)O)CC1. The molecule has 11 nitrogen and oxygen atoms in total. The number of hydrogen-bond donors (Lipinski definition) is 1. The number of amides is 2. The molecule has 1 N–H and O–H groups in total. The Labute approximate surface area is 201 Å². The lowest BCUT2D eigenvalue weighted by Gasteiger charge is -2.33. The van der Waals surface area contributed by atoms with Crippen molar-refractivity contribution >= 4 is 29.4 Å². The quantitative estimate of drug-likeness (QED) is 0.389. The van der Waals surface area contributed by atoms with E-state index in [2.05, 4.69) is 21.6 Å². The van der Waals surface area contributed by atoms with E-state index in [1.54, 1.807) is 6.92 Å². The average Bonchev–Trinajstić information content (AvgIpc) is 3.08. The molecule has 2 fully saturated rings. The van der Waals surface area contributed by atoms with Crippen LogP contribution in [0.1, 0.15) is 33.1 Å². The monoisotopic (exact) mass is 481 g/mol. The van der Waals surface area contributed by atoms with Gasteiger partial charge < -0.3 is 14.9 Å². The first-order valence-electron chi connectivity index (χ1n) is 12.1. The third-order valence-electron chi connectivity index (χ3n) is 6.38. The van der Waals surface area contributed by atoms with E-state index < -0.39 is 5.97 Å². The highest BCUT2D eigenvalue weighted by atomic mass is 16.4. The fourth-order valence-corrected chi connectivity index (χ4v) is 4.28. The van der Waals surface area contributed by atoms with E-state index in [0.717, 1.165) is 31.1 Å². The number of ketones is 2. The highest BCUT2D eigenvalue weighted by Gasteiger charge is 2.30. The lowest BCUT2D eigenvalue weighted by molar-refractivity contribution is -0.142. The molecule has 2 rings (SSSR count). The molecule has 0 atom stereocenters. The molecule has 2 aliphatic heterocycles. The molecule has 0 spiro atoms. The van der Waals surface area contributed by atoms with Gasteiger partial charge in [0.15, 0.2) is 5.78 Å². The zero-order valence-corrected chi connectivity index (χ0v) is 20.5. The summed E-state index contributed by atoms with van der Waals surface area (Å²) >= 11 is 0. The molecule has 2 saturated heterocycles. The Kier molecular flexibility index (Phi) is 11.7. The summed E-state index contributed by atoms with van der Waals surface area (Å²) in [5.41, 5.74) is 0. The smallest absolute Gasteiger partial charge is 0.317 e. The van der Waals surface area contributed by atoms with Gasteiger partial charge in [-0.3, -0.25) is 38.7 Å². The fourth-order valence-electron chi connectivity index (χ4n) is 4.28. The third kappa shape index (κ3) is 9.96. The van der Waals surface area contributed by atoms with Crippen LogP contribution in [0.25, 0.3) is 0 Å². The highest BCUT2D eigenvalue weighted by Crippen LogP contribution is 2.11. The predicted octanol–water partition coefficient (Wildman–Crippen LogP) is -0.990. The Hall–Kier alpha value is -2.21. The third-order valence-corrected chi connectivity index (χ3v) is 6.38. The van der Waals surface area contributed by atoms with Gasteiger partial charge >= 0.3 is 5.97 Å². The predicted molar refractivity (Wildman–Crippen MR) is 125 cm³/mol. The van der Waals surface area contributed by atoms with Gasteiger partial charge in [-0.1, -0.05) is 6.92 Å². The Morgan fingerprint density at radius 1 is 0.735 bits per heavy atom. The van der Waals surface area contributed by atoms with E-state index in [9.17, 15) is 29.1 Å². The van der Waals surface area contributed by atoms with Crippen LogP contribution in [0.4, 0.5) is 0 Å². The molecule has 0 unspecified atom stereocenters. The molecular formula is C23H39N5O6. The standard InChI is InChI=1S/C23H39N5O6/c1-3-24-8-12-26(16-19(2)29)14-10-25(11-15-27(13-9-24)18-23(33)34)7-6-20(30)17-28-21(31)4-5-22(28)32/h3-18H2,1-2H3,(H,33,34). The molecule has 34 heavy (non-hydrogen) atoms. The normalized spacial score (nSPS) is 20.8. The number of Topliss-reactive ketones (excluding diaryl/α,β-unsaturated/α-hetero) is 2. The molecule has 0 radical (unpaired) electrons. The number of aliphatic carboxylic acids is 1. The van der Waals surface area contributed by atoms with Crippen molar-refractivity contribution in [3.8, 4) is 0 Å². The van der Waals surface area contributed by atoms with Crippen LogP contribution in [0.15, 0.2) is 0 Å². The molecule has 11 heteroatoms. The van der Waals surface area contributed by atoms with Crippen molar-refractivity contribution in [2.45, 2.75) is 33.1 Å². The van der Waals surface area contributed by atoms with Gasteiger partial charge in [-0.2, -0.15) is 0 Å². The number of rotatable bonds is 10. The summed E-state index contributed by atoms with van der Waals surface area (Å²) in [4.78, 5) is 68.6. The first-order valence-corrected chi connectivity index (χ1v) is 12.1. The Morgan fingerprint density at radius 3 is 1.68 bits per heavy atom. The van der Waals surface area contributed by atoms with E-state index in [4.69, 9.17) is 0 Å². The van der Waals surface area contributed by atoms with Crippen molar-refractivity contribution in [3.05, 3.63) is 0 Å². The number of carbonyl (C=O) groups is 5. The van der Waals surface area contributed by atoms with Crippen LogP contribution >= 0.6 is 0 Å². The molecule has 0 aromatic heterocycles. The molecule has 0 aromatic rings. The molecule has 192 valence electrons. The zero-order chi connectivity index (χ0) is 25.1. The molecule has 2 aliphatic rings. The van der Waals surface area contributed by atoms with E-state index in [1.807, 2.05) is 4.90 Å². The molecule has 0 aromatic carbocycles. The largest absolute Gasteiger partial charge is 0.480 e. The number of carboxylic acids is 1. The maximum absolute atomic E-state index is 12.5. The van der Waals surface area contributed by atoms with Crippen LogP contribution in [-0.4, -0.2) is 144 Å². The van der Waals surface area contributed by atoms with Gasteiger partial charge in [0.1, 0.15) is 5.78 Å². The van der Waals surface area contributed by atoms with Crippen LogP contribution in [0, 0.1) is 0 Å². The minimum atomic E-state index is -0.871. The van der Waals surface area contributed by atoms with Crippen molar-refractivity contribution in [3.63, 3.8) is 0 Å². The number of likely N-dealkylation sites (N-methyl/N-ethyl adjacent to an activating group) is 1. The van der Waals surface area contributed by atoms with Crippen molar-refractivity contribution in [1.29, 1.82) is 0 Å². The van der Waals surface area contributed by atoms with E-state index in [0.29, 0.717) is 45.8 Å².